The molecule has 8 nitrogen and oxygen atoms in total. The molecule has 1 heterocycles. The lowest BCUT2D eigenvalue weighted by molar-refractivity contribution is -0.140. The fraction of sp³-hybridized carbons (Fsp3) is 0.645. The number of unbranched alkanes of at least 4 members (excludes halogenated alkanes) is 13. The summed E-state index contributed by atoms with van der Waals surface area (Å²) < 4.78 is 20.7. The summed E-state index contributed by atoms with van der Waals surface area (Å²) in [6.07, 6.45) is 17.6. The normalized spacial score (nSPS) is 13.3. The van der Waals surface area contributed by atoms with Crippen molar-refractivity contribution in [1.82, 2.24) is 0 Å². The molecule has 0 aliphatic carbocycles. The second-order valence-electron chi connectivity index (χ2n) is 10.1. The third kappa shape index (κ3) is 11.1. The van der Waals surface area contributed by atoms with Crippen molar-refractivity contribution in [1.29, 1.82) is 0 Å². The Morgan fingerprint density at radius 3 is 1.90 bits per heavy atom. The van der Waals surface area contributed by atoms with Crippen LogP contribution in [0, 0.1) is 0 Å². The van der Waals surface area contributed by atoms with Crippen molar-refractivity contribution in [3.05, 3.63) is 40.1 Å². The van der Waals surface area contributed by atoms with Crippen molar-refractivity contribution < 1.29 is 33.3 Å². The quantitative estimate of drug-likeness (QED) is 0.0952. The van der Waals surface area contributed by atoms with Crippen LogP contribution in [0.5, 0.6) is 0 Å². The van der Waals surface area contributed by atoms with Crippen molar-refractivity contribution in [3.8, 4) is 0 Å². The fourth-order valence-electron chi connectivity index (χ4n) is 4.72. The molecule has 0 saturated heterocycles. The van der Waals surface area contributed by atoms with Gasteiger partial charge >= 0.3 is 17.9 Å². The summed E-state index contributed by atoms with van der Waals surface area (Å²) in [7, 11) is 2.43. The molecule has 0 N–H and O–H groups in total. The third-order valence-electron chi connectivity index (χ3n) is 7.04. The molecule has 0 radical (unpaired) electrons. The summed E-state index contributed by atoms with van der Waals surface area (Å²) in [5.74, 6) is -1.95. The van der Waals surface area contributed by atoms with Gasteiger partial charge in [0.2, 0.25) is 0 Å². The molecule has 1 aromatic rings. The number of hydrogen-bond donors (Lipinski definition) is 0. The van der Waals surface area contributed by atoms with Crippen LogP contribution in [0.2, 0.25) is 5.02 Å². The van der Waals surface area contributed by atoms with E-state index < -0.39 is 17.9 Å². The zero-order valence-corrected chi connectivity index (χ0v) is 25.2. The average Bonchev–Trinajstić information content (AvgIpc) is 2.98. The summed E-state index contributed by atoms with van der Waals surface area (Å²) in [6.45, 7) is 2.40. The summed E-state index contributed by atoms with van der Waals surface area (Å²) in [5.41, 5.74) is 0.547. The molecule has 0 fully saturated rings. The van der Waals surface area contributed by atoms with Crippen LogP contribution in [0.25, 0.3) is 0 Å². The predicted molar refractivity (Wildman–Crippen MR) is 156 cm³/mol. The first-order valence-electron chi connectivity index (χ1n) is 14.7. The van der Waals surface area contributed by atoms with Crippen LogP contribution in [0.3, 0.4) is 0 Å². The van der Waals surface area contributed by atoms with Gasteiger partial charge in [0.05, 0.1) is 49.3 Å². The second kappa shape index (κ2) is 19.5. The maximum absolute atomic E-state index is 12.7. The van der Waals surface area contributed by atoms with Crippen LogP contribution in [0.15, 0.2) is 29.5 Å². The summed E-state index contributed by atoms with van der Waals surface area (Å²) in [6, 6.07) is 4.62. The van der Waals surface area contributed by atoms with Gasteiger partial charge in [0.25, 0.3) is 0 Å². The number of nitrogens with zero attached hydrogens (tertiary/aromatic N) is 1. The van der Waals surface area contributed by atoms with E-state index in [1.165, 1.54) is 95.8 Å². The highest BCUT2D eigenvalue weighted by Gasteiger charge is 2.33. The van der Waals surface area contributed by atoms with E-state index in [2.05, 4.69) is 6.92 Å². The minimum atomic E-state index is -0.745. The molecule has 1 aromatic carbocycles. The number of halogens is 1. The standard InChI is InChI=1S/C31H46ClNO7/c1-4-5-6-7-8-9-10-11-12-13-14-15-16-17-20-40-29(34)24-18-19-26(32)27(21-24)33-23-39-22-25(30(35)37-2)28(33)31(36)38-3/h18-19,21H,4-17,20,22-23H2,1-3H3. The maximum Gasteiger partial charge on any atom is 0.355 e. The molecule has 0 aromatic heterocycles. The Hall–Kier alpha value is -2.58. The second-order valence-corrected chi connectivity index (χ2v) is 10.5. The van der Waals surface area contributed by atoms with Crippen LogP contribution in [-0.2, 0) is 28.5 Å². The number of esters is 3. The van der Waals surface area contributed by atoms with Gasteiger partial charge in [-0.05, 0) is 24.6 Å². The number of hydrogen-bond acceptors (Lipinski definition) is 8. The van der Waals surface area contributed by atoms with E-state index >= 15 is 0 Å². The molecule has 0 unspecified atom stereocenters. The third-order valence-corrected chi connectivity index (χ3v) is 7.36. The number of methoxy groups -OCH3 is 2. The van der Waals surface area contributed by atoms with Gasteiger partial charge in [0.15, 0.2) is 0 Å². The highest BCUT2D eigenvalue weighted by atomic mass is 35.5. The summed E-state index contributed by atoms with van der Waals surface area (Å²) >= 11 is 6.41. The van der Waals surface area contributed by atoms with Crippen molar-refractivity contribution in [3.63, 3.8) is 0 Å². The largest absolute Gasteiger partial charge is 0.466 e. The molecule has 0 saturated carbocycles. The van der Waals surface area contributed by atoms with Gasteiger partial charge < -0.3 is 23.8 Å². The van der Waals surface area contributed by atoms with E-state index in [1.54, 1.807) is 12.1 Å². The predicted octanol–water partition coefficient (Wildman–Crippen LogP) is 7.37. The molecule has 1 aliphatic rings. The molecular formula is C31H46ClNO7. The first-order chi connectivity index (χ1) is 19.4. The summed E-state index contributed by atoms with van der Waals surface area (Å²) in [5, 5.41) is 0.264. The van der Waals surface area contributed by atoms with Gasteiger partial charge in [-0.1, -0.05) is 102 Å². The first-order valence-corrected chi connectivity index (χ1v) is 15.0. The van der Waals surface area contributed by atoms with E-state index in [0.29, 0.717) is 12.3 Å². The Balaban J connectivity index is 1.77. The number of benzene rings is 1. The van der Waals surface area contributed by atoms with Crippen molar-refractivity contribution in [2.75, 3.05) is 39.1 Å². The first kappa shape index (κ1) is 33.6. The van der Waals surface area contributed by atoms with Gasteiger partial charge in [-0.3, -0.25) is 0 Å². The van der Waals surface area contributed by atoms with Gasteiger partial charge in [0, 0.05) is 0 Å². The Bertz CT molecular complexity index is 978. The van der Waals surface area contributed by atoms with Crippen molar-refractivity contribution in [2.45, 2.75) is 96.8 Å². The molecule has 0 amide bonds. The molecule has 224 valence electrons. The minimum Gasteiger partial charge on any atom is -0.466 e. The SMILES string of the molecule is CCCCCCCCCCCCCCCCOC(=O)c1ccc(Cl)c(N2COCC(C(=O)OC)=C2C(=O)OC)c1. The van der Waals surface area contributed by atoms with Crippen molar-refractivity contribution in [2.24, 2.45) is 0 Å². The zero-order valence-electron chi connectivity index (χ0n) is 24.4. The minimum absolute atomic E-state index is 0.00227. The molecule has 0 spiro atoms. The van der Waals surface area contributed by atoms with Crippen LogP contribution >= 0.6 is 11.6 Å². The van der Waals surface area contributed by atoms with E-state index in [4.69, 9.17) is 30.5 Å². The average molecular weight is 580 g/mol. The lowest BCUT2D eigenvalue weighted by Gasteiger charge is -2.32. The van der Waals surface area contributed by atoms with E-state index in [9.17, 15) is 14.4 Å². The van der Waals surface area contributed by atoms with Gasteiger partial charge in [-0.15, -0.1) is 0 Å². The van der Waals surface area contributed by atoms with Gasteiger partial charge in [-0.2, -0.15) is 0 Å². The highest BCUT2D eigenvalue weighted by Crippen LogP contribution is 2.33. The Morgan fingerprint density at radius 2 is 1.35 bits per heavy atom. The molecule has 0 bridgehead atoms. The Morgan fingerprint density at radius 1 is 0.800 bits per heavy atom. The molecule has 2 rings (SSSR count). The fourth-order valence-corrected chi connectivity index (χ4v) is 4.94. The number of anilines is 1. The lowest BCUT2D eigenvalue weighted by Crippen LogP contribution is -2.39. The Kier molecular flexibility index (Phi) is 16.4. The lowest BCUT2D eigenvalue weighted by atomic mass is 10.0. The van der Waals surface area contributed by atoms with E-state index in [0.717, 1.165) is 19.3 Å². The van der Waals surface area contributed by atoms with Gasteiger partial charge in [0.1, 0.15) is 12.4 Å². The molecular weight excluding hydrogens is 534 g/mol. The van der Waals surface area contributed by atoms with E-state index in [1.807, 2.05) is 0 Å². The topological polar surface area (TPSA) is 91.4 Å². The van der Waals surface area contributed by atoms with E-state index in [-0.39, 0.29) is 35.2 Å². The molecule has 1 aliphatic heterocycles. The monoisotopic (exact) mass is 579 g/mol. The number of carbonyl (C=O) groups is 3. The number of ether oxygens (including phenoxy) is 4. The van der Waals surface area contributed by atoms with Crippen LogP contribution in [0.4, 0.5) is 5.69 Å². The zero-order chi connectivity index (χ0) is 29.2. The smallest absolute Gasteiger partial charge is 0.355 e. The number of carbonyl (C=O) groups excluding carboxylic acids is 3. The van der Waals surface area contributed by atoms with Gasteiger partial charge in [-0.25, -0.2) is 14.4 Å². The molecule has 40 heavy (non-hydrogen) atoms. The van der Waals surface area contributed by atoms with Crippen LogP contribution in [0.1, 0.15) is 107 Å². The maximum atomic E-state index is 12.7. The summed E-state index contributed by atoms with van der Waals surface area (Å²) in [4.78, 5) is 38.9. The van der Waals surface area contributed by atoms with Crippen molar-refractivity contribution >= 4 is 35.2 Å². The van der Waals surface area contributed by atoms with Crippen LogP contribution < -0.4 is 4.90 Å². The number of rotatable bonds is 19. The van der Waals surface area contributed by atoms with Crippen LogP contribution in [-0.4, -0.2) is 52.1 Å². The molecule has 0 atom stereocenters. The highest BCUT2D eigenvalue weighted by molar-refractivity contribution is 6.33. The molecule has 9 heteroatoms. The Labute approximate surface area is 244 Å².